The quantitative estimate of drug-likeness (QED) is 0.623. The van der Waals surface area contributed by atoms with Crippen molar-refractivity contribution in [3.05, 3.63) is 34.2 Å². The third-order valence-electron chi connectivity index (χ3n) is 3.29. The third-order valence-corrected chi connectivity index (χ3v) is 3.29. The molecule has 0 saturated heterocycles. The lowest BCUT2D eigenvalue weighted by molar-refractivity contribution is -0.179. The molecular weight excluding hydrogens is 276 g/mol. The van der Waals surface area contributed by atoms with E-state index in [1.165, 1.54) is 13.0 Å². The molecule has 0 aliphatic carbocycles. The van der Waals surface area contributed by atoms with Crippen molar-refractivity contribution in [1.29, 1.82) is 0 Å². The molecule has 1 aromatic heterocycles. The van der Waals surface area contributed by atoms with E-state index >= 15 is 0 Å². The molecule has 6 nitrogen and oxygen atoms in total. The van der Waals surface area contributed by atoms with Gasteiger partial charge in [-0.25, -0.2) is 9.59 Å². The first-order valence-corrected chi connectivity index (χ1v) is 6.57. The Labute approximate surface area is 120 Å². The summed E-state index contributed by atoms with van der Waals surface area (Å²) >= 11 is 0. The number of hydrogen-bond acceptors (Lipinski definition) is 6. The normalized spacial score (nSPS) is 19.8. The molecule has 0 N–H and O–H groups in total. The molecule has 1 aliphatic heterocycles. The molecule has 3 rings (SSSR count). The summed E-state index contributed by atoms with van der Waals surface area (Å²) < 4.78 is 21.3. The average molecular weight is 290 g/mol. The molecule has 2 aromatic rings. The minimum absolute atomic E-state index is 0.215. The van der Waals surface area contributed by atoms with Gasteiger partial charge in [0.25, 0.3) is 0 Å². The van der Waals surface area contributed by atoms with E-state index in [-0.39, 0.29) is 17.9 Å². The molecule has 0 radical (unpaired) electrons. The van der Waals surface area contributed by atoms with Crippen LogP contribution in [0.25, 0.3) is 11.0 Å². The van der Waals surface area contributed by atoms with Crippen molar-refractivity contribution >= 4 is 16.9 Å². The SMILES string of the molecule is CCOC(=O)C1(C)Oc2ccc3c(C)cc(=O)oc3c2O1. The lowest BCUT2D eigenvalue weighted by Crippen LogP contribution is -2.45. The van der Waals surface area contributed by atoms with Crippen molar-refractivity contribution in [3.8, 4) is 11.5 Å². The molecular formula is C15H14O6. The smallest absolute Gasteiger partial charge is 0.392 e. The van der Waals surface area contributed by atoms with Crippen molar-refractivity contribution < 1.29 is 23.4 Å². The Balaban J connectivity index is 2.14. The summed E-state index contributed by atoms with van der Waals surface area (Å²) in [7, 11) is 0. The van der Waals surface area contributed by atoms with Crippen LogP contribution in [0.3, 0.4) is 0 Å². The number of ether oxygens (including phenoxy) is 3. The van der Waals surface area contributed by atoms with E-state index in [2.05, 4.69) is 0 Å². The van der Waals surface area contributed by atoms with Gasteiger partial charge in [0.1, 0.15) is 0 Å². The Morgan fingerprint density at radius 2 is 2.10 bits per heavy atom. The van der Waals surface area contributed by atoms with E-state index in [1.807, 2.05) is 0 Å². The second-order valence-electron chi connectivity index (χ2n) is 4.89. The largest absolute Gasteiger partial charge is 0.460 e. The first-order chi connectivity index (χ1) is 9.94. The number of hydrogen-bond donors (Lipinski definition) is 0. The van der Waals surface area contributed by atoms with E-state index < -0.39 is 17.4 Å². The fraction of sp³-hybridized carbons (Fsp3) is 0.333. The summed E-state index contributed by atoms with van der Waals surface area (Å²) in [5.74, 6) is -1.63. The molecule has 0 amide bonds. The number of carbonyl (C=O) groups excluding carboxylic acids is 1. The molecule has 0 bridgehead atoms. The third kappa shape index (κ3) is 2.03. The molecule has 1 aliphatic rings. The first-order valence-electron chi connectivity index (χ1n) is 6.57. The van der Waals surface area contributed by atoms with Crippen LogP contribution in [0.5, 0.6) is 11.5 Å². The molecule has 6 heteroatoms. The maximum atomic E-state index is 11.9. The molecule has 21 heavy (non-hydrogen) atoms. The molecule has 110 valence electrons. The standard InChI is InChI=1S/C15H14O6/c1-4-18-14(17)15(3)20-10-6-5-9-8(2)7-11(16)19-12(9)13(10)21-15/h5-7H,4H2,1-3H3. The van der Waals surface area contributed by atoms with Gasteiger partial charge < -0.3 is 18.6 Å². The molecule has 1 atom stereocenters. The number of benzene rings is 1. The summed E-state index contributed by atoms with van der Waals surface area (Å²) in [5, 5.41) is 0.727. The highest BCUT2D eigenvalue weighted by Crippen LogP contribution is 2.44. The second kappa shape index (κ2) is 4.51. The minimum Gasteiger partial charge on any atom is -0.460 e. The lowest BCUT2D eigenvalue weighted by atomic mass is 10.1. The number of esters is 1. The fourth-order valence-electron chi connectivity index (χ4n) is 2.29. The molecule has 0 saturated carbocycles. The Morgan fingerprint density at radius 3 is 2.81 bits per heavy atom. The van der Waals surface area contributed by atoms with Crippen LogP contribution in [0.2, 0.25) is 0 Å². The number of aryl methyl sites for hydroxylation is 1. The van der Waals surface area contributed by atoms with Crippen molar-refractivity contribution in [1.82, 2.24) is 0 Å². The number of fused-ring (bicyclic) bond motifs is 3. The second-order valence-corrected chi connectivity index (χ2v) is 4.89. The number of rotatable bonds is 2. The van der Waals surface area contributed by atoms with E-state index in [4.69, 9.17) is 18.6 Å². The van der Waals surface area contributed by atoms with Crippen LogP contribution in [0.1, 0.15) is 19.4 Å². The van der Waals surface area contributed by atoms with Gasteiger partial charge in [0, 0.05) is 18.4 Å². The molecule has 2 heterocycles. The van der Waals surface area contributed by atoms with Gasteiger partial charge in [-0.1, -0.05) is 0 Å². The Bertz CT molecular complexity index is 791. The average Bonchev–Trinajstić information content (AvgIpc) is 2.77. The Kier molecular flexibility index (Phi) is 2.90. The highest BCUT2D eigenvalue weighted by atomic mass is 16.8. The van der Waals surface area contributed by atoms with E-state index in [9.17, 15) is 9.59 Å². The topological polar surface area (TPSA) is 75.0 Å². The molecule has 1 unspecified atom stereocenters. The van der Waals surface area contributed by atoms with Crippen molar-refractivity contribution in [2.24, 2.45) is 0 Å². The maximum absolute atomic E-state index is 11.9. The van der Waals surface area contributed by atoms with Gasteiger partial charge in [0.2, 0.25) is 5.75 Å². The van der Waals surface area contributed by atoms with Gasteiger partial charge in [0.15, 0.2) is 11.3 Å². The summed E-state index contributed by atoms with van der Waals surface area (Å²) in [6.07, 6.45) is 0. The van der Waals surface area contributed by atoms with Gasteiger partial charge in [-0.2, -0.15) is 0 Å². The lowest BCUT2D eigenvalue weighted by Gasteiger charge is -2.20. The highest BCUT2D eigenvalue weighted by Gasteiger charge is 2.47. The zero-order valence-corrected chi connectivity index (χ0v) is 11.9. The first kappa shape index (κ1) is 13.5. The van der Waals surface area contributed by atoms with Crippen LogP contribution in [-0.2, 0) is 9.53 Å². The van der Waals surface area contributed by atoms with Gasteiger partial charge in [-0.3, -0.25) is 0 Å². The minimum atomic E-state index is -1.57. The Hall–Kier alpha value is -2.50. The summed E-state index contributed by atoms with van der Waals surface area (Å²) in [5.41, 5.74) is 0.546. The van der Waals surface area contributed by atoms with Crippen molar-refractivity contribution in [2.45, 2.75) is 26.6 Å². The van der Waals surface area contributed by atoms with Crippen LogP contribution >= 0.6 is 0 Å². The van der Waals surface area contributed by atoms with Gasteiger partial charge in [-0.05, 0) is 31.5 Å². The van der Waals surface area contributed by atoms with Crippen molar-refractivity contribution in [3.63, 3.8) is 0 Å². The molecule has 0 spiro atoms. The fourth-order valence-corrected chi connectivity index (χ4v) is 2.29. The number of carbonyl (C=O) groups is 1. The maximum Gasteiger partial charge on any atom is 0.392 e. The van der Waals surface area contributed by atoms with Crippen LogP contribution in [0, 0.1) is 6.92 Å². The zero-order valence-electron chi connectivity index (χ0n) is 11.9. The predicted molar refractivity (Wildman–Crippen MR) is 73.5 cm³/mol. The molecule has 0 fully saturated rings. The molecule has 1 aromatic carbocycles. The van der Waals surface area contributed by atoms with Crippen molar-refractivity contribution in [2.75, 3.05) is 6.61 Å². The van der Waals surface area contributed by atoms with E-state index in [0.717, 1.165) is 10.9 Å². The highest BCUT2D eigenvalue weighted by molar-refractivity contribution is 5.90. The van der Waals surface area contributed by atoms with Crippen LogP contribution in [-0.4, -0.2) is 18.4 Å². The Morgan fingerprint density at radius 1 is 1.33 bits per heavy atom. The monoisotopic (exact) mass is 290 g/mol. The predicted octanol–water partition coefficient (Wildman–Crippen LogP) is 2.15. The summed E-state index contributed by atoms with van der Waals surface area (Å²) in [4.78, 5) is 23.5. The van der Waals surface area contributed by atoms with Gasteiger partial charge >= 0.3 is 17.4 Å². The summed E-state index contributed by atoms with van der Waals surface area (Å²) in [6, 6.07) is 4.83. The van der Waals surface area contributed by atoms with E-state index in [0.29, 0.717) is 5.75 Å². The van der Waals surface area contributed by atoms with Crippen LogP contribution < -0.4 is 15.1 Å². The van der Waals surface area contributed by atoms with Crippen LogP contribution in [0.4, 0.5) is 0 Å². The van der Waals surface area contributed by atoms with Gasteiger partial charge in [0.05, 0.1) is 6.61 Å². The summed E-state index contributed by atoms with van der Waals surface area (Å²) in [6.45, 7) is 5.17. The van der Waals surface area contributed by atoms with E-state index in [1.54, 1.807) is 26.0 Å². The van der Waals surface area contributed by atoms with Gasteiger partial charge in [-0.15, -0.1) is 0 Å². The van der Waals surface area contributed by atoms with Crippen LogP contribution in [0.15, 0.2) is 27.4 Å². The zero-order chi connectivity index (χ0) is 15.2.